The first-order chi connectivity index (χ1) is 5.40. The minimum atomic E-state index is 0.400. The van der Waals surface area contributed by atoms with E-state index in [0.29, 0.717) is 12.6 Å². The number of nitrogens with two attached hydrogens (primary N) is 1. The zero-order chi connectivity index (χ0) is 7.68. The van der Waals surface area contributed by atoms with E-state index in [4.69, 9.17) is 10.5 Å². The Morgan fingerprint density at radius 1 is 1.55 bits per heavy atom. The molecule has 0 amide bonds. The van der Waals surface area contributed by atoms with Gasteiger partial charge in [0.1, 0.15) is 6.10 Å². The first-order valence-electron chi connectivity index (χ1n) is 4.30. The summed E-state index contributed by atoms with van der Waals surface area (Å²) in [5, 5.41) is 0. The molecule has 0 aromatic heterocycles. The molecule has 1 saturated carbocycles. The molecule has 2 aliphatic rings. The average molecular weight is 154 g/mol. The summed E-state index contributed by atoms with van der Waals surface area (Å²) in [6.45, 7) is 1.52. The molecule has 3 heteroatoms. The number of hydrogen-bond acceptors (Lipinski definition) is 3. The summed E-state index contributed by atoms with van der Waals surface area (Å²) >= 11 is 0. The highest BCUT2D eigenvalue weighted by Gasteiger charge is 2.35. The Bertz CT molecular complexity index is 175. The van der Waals surface area contributed by atoms with E-state index >= 15 is 0 Å². The Labute approximate surface area is 66.6 Å². The van der Waals surface area contributed by atoms with E-state index in [0.717, 1.165) is 24.8 Å². The van der Waals surface area contributed by atoms with Crippen LogP contribution in [0.4, 0.5) is 0 Å². The van der Waals surface area contributed by atoms with Crippen LogP contribution in [0.25, 0.3) is 0 Å². The molecule has 0 radical (unpaired) electrons. The van der Waals surface area contributed by atoms with Gasteiger partial charge in [0, 0.05) is 13.0 Å². The van der Waals surface area contributed by atoms with E-state index in [2.05, 4.69) is 4.99 Å². The lowest BCUT2D eigenvalue weighted by Crippen LogP contribution is -2.16. The molecule has 1 aliphatic heterocycles. The van der Waals surface area contributed by atoms with Crippen molar-refractivity contribution < 1.29 is 4.74 Å². The minimum absolute atomic E-state index is 0.400. The second-order valence-electron chi connectivity index (χ2n) is 3.27. The minimum Gasteiger partial charge on any atom is -0.475 e. The van der Waals surface area contributed by atoms with Crippen molar-refractivity contribution >= 4 is 5.90 Å². The SMILES string of the molecule is NCCC1=NCC(C2CC2)O1. The van der Waals surface area contributed by atoms with Crippen LogP contribution in [-0.2, 0) is 4.74 Å². The van der Waals surface area contributed by atoms with E-state index in [-0.39, 0.29) is 0 Å². The molecule has 1 heterocycles. The molecule has 0 bridgehead atoms. The Morgan fingerprint density at radius 3 is 3.00 bits per heavy atom. The third-order valence-corrected chi connectivity index (χ3v) is 2.24. The third-order valence-electron chi connectivity index (χ3n) is 2.24. The van der Waals surface area contributed by atoms with Crippen molar-refractivity contribution in [1.29, 1.82) is 0 Å². The van der Waals surface area contributed by atoms with Gasteiger partial charge in [-0.2, -0.15) is 0 Å². The summed E-state index contributed by atoms with van der Waals surface area (Å²) in [4.78, 5) is 4.28. The summed E-state index contributed by atoms with van der Waals surface area (Å²) < 4.78 is 5.60. The lowest BCUT2D eigenvalue weighted by atomic mass is 10.2. The highest BCUT2D eigenvalue weighted by atomic mass is 16.5. The highest BCUT2D eigenvalue weighted by molar-refractivity contribution is 5.77. The van der Waals surface area contributed by atoms with E-state index < -0.39 is 0 Å². The van der Waals surface area contributed by atoms with Gasteiger partial charge in [-0.25, -0.2) is 0 Å². The molecular formula is C8H14N2O. The fraction of sp³-hybridized carbons (Fsp3) is 0.875. The van der Waals surface area contributed by atoms with Crippen molar-refractivity contribution in [2.45, 2.75) is 25.4 Å². The smallest absolute Gasteiger partial charge is 0.185 e. The van der Waals surface area contributed by atoms with Crippen molar-refractivity contribution in [1.82, 2.24) is 0 Å². The zero-order valence-corrected chi connectivity index (χ0v) is 6.62. The van der Waals surface area contributed by atoms with Gasteiger partial charge < -0.3 is 10.5 Å². The van der Waals surface area contributed by atoms with Crippen molar-refractivity contribution in [3.8, 4) is 0 Å². The van der Waals surface area contributed by atoms with Crippen molar-refractivity contribution in [3.05, 3.63) is 0 Å². The molecule has 1 unspecified atom stereocenters. The summed E-state index contributed by atoms with van der Waals surface area (Å²) in [5.74, 6) is 1.68. The molecule has 0 spiro atoms. The molecule has 1 atom stereocenters. The first-order valence-corrected chi connectivity index (χ1v) is 4.30. The first kappa shape index (κ1) is 7.10. The van der Waals surface area contributed by atoms with E-state index in [1.807, 2.05) is 0 Å². The lowest BCUT2D eigenvalue weighted by Gasteiger charge is -2.08. The summed E-state index contributed by atoms with van der Waals surface area (Å²) in [5.41, 5.74) is 5.38. The van der Waals surface area contributed by atoms with Crippen LogP contribution in [0.15, 0.2) is 4.99 Å². The van der Waals surface area contributed by atoms with Crippen LogP contribution < -0.4 is 5.73 Å². The largest absolute Gasteiger partial charge is 0.475 e. The molecule has 2 rings (SSSR count). The topological polar surface area (TPSA) is 47.6 Å². The maximum absolute atomic E-state index is 5.60. The number of hydrogen-bond donors (Lipinski definition) is 1. The maximum atomic E-state index is 5.60. The molecule has 2 N–H and O–H groups in total. The van der Waals surface area contributed by atoms with Gasteiger partial charge in [0.25, 0.3) is 0 Å². The van der Waals surface area contributed by atoms with Gasteiger partial charge in [0.2, 0.25) is 0 Å². The van der Waals surface area contributed by atoms with E-state index in [9.17, 15) is 0 Å². The monoisotopic (exact) mass is 154 g/mol. The Hall–Kier alpha value is -0.570. The van der Waals surface area contributed by atoms with Gasteiger partial charge in [-0.1, -0.05) is 0 Å². The van der Waals surface area contributed by atoms with Gasteiger partial charge in [-0.3, -0.25) is 4.99 Å². The second kappa shape index (κ2) is 2.81. The van der Waals surface area contributed by atoms with Crippen LogP contribution >= 0.6 is 0 Å². The van der Waals surface area contributed by atoms with Gasteiger partial charge in [0.05, 0.1) is 6.54 Å². The van der Waals surface area contributed by atoms with Crippen LogP contribution in [0, 0.1) is 5.92 Å². The molecule has 0 aromatic carbocycles. The quantitative estimate of drug-likeness (QED) is 0.645. The van der Waals surface area contributed by atoms with Crippen molar-refractivity contribution in [3.63, 3.8) is 0 Å². The van der Waals surface area contributed by atoms with Gasteiger partial charge in [-0.05, 0) is 18.8 Å². The molecule has 62 valence electrons. The van der Waals surface area contributed by atoms with Gasteiger partial charge in [0.15, 0.2) is 5.90 Å². The predicted molar refractivity (Wildman–Crippen MR) is 43.6 cm³/mol. The maximum Gasteiger partial charge on any atom is 0.185 e. The standard InChI is InChI=1S/C8H14N2O/c9-4-3-8-10-5-7(11-8)6-1-2-6/h6-7H,1-5,9H2. The lowest BCUT2D eigenvalue weighted by molar-refractivity contribution is 0.195. The molecule has 1 fully saturated rings. The predicted octanol–water partition coefficient (Wildman–Crippen LogP) is 0.542. The number of nitrogens with zero attached hydrogens (tertiary/aromatic N) is 1. The number of rotatable bonds is 3. The Kier molecular flexibility index (Phi) is 1.82. The fourth-order valence-electron chi connectivity index (χ4n) is 1.42. The second-order valence-corrected chi connectivity index (χ2v) is 3.27. The molecular weight excluding hydrogens is 140 g/mol. The Balaban J connectivity index is 1.79. The summed E-state index contributed by atoms with van der Waals surface area (Å²) in [7, 11) is 0. The third kappa shape index (κ3) is 1.53. The van der Waals surface area contributed by atoms with Gasteiger partial charge in [-0.15, -0.1) is 0 Å². The molecule has 3 nitrogen and oxygen atoms in total. The van der Waals surface area contributed by atoms with Gasteiger partial charge >= 0.3 is 0 Å². The average Bonchev–Trinajstić information content (AvgIpc) is 2.75. The zero-order valence-electron chi connectivity index (χ0n) is 6.62. The molecule has 0 saturated heterocycles. The number of ether oxygens (including phenoxy) is 1. The van der Waals surface area contributed by atoms with Crippen LogP contribution in [0.3, 0.4) is 0 Å². The van der Waals surface area contributed by atoms with Crippen LogP contribution in [0.1, 0.15) is 19.3 Å². The Morgan fingerprint density at radius 2 is 2.36 bits per heavy atom. The molecule has 1 aliphatic carbocycles. The van der Waals surface area contributed by atoms with Crippen LogP contribution in [-0.4, -0.2) is 25.1 Å². The highest BCUT2D eigenvalue weighted by Crippen LogP contribution is 2.36. The van der Waals surface area contributed by atoms with E-state index in [1.165, 1.54) is 12.8 Å². The molecule has 0 aromatic rings. The fourth-order valence-corrected chi connectivity index (χ4v) is 1.42. The normalized spacial score (nSPS) is 29.9. The summed E-state index contributed by atoms with van der Waals surface area (Å²) in [6, 6.07) is 0. The summed E-state index contributed by atoms with van der Waals surface area (Å²) in [6.07, 6.45) is 3.87. The van der Waals surface area contributed by atoms with Crippen molar-refractivity contribution in [2.24, 2.45) is 16.6 Å². The van der Waals surface area contributed by atoms with Crippen LogP contribution in [0.5, 0.6) is 0 Å². The van der Waals surface area contributed by atoms with Crippen molar-refractivity contribution in [2.75, 3.05) is 13.1 Å². The number of aliphatic imine (C=N–C) groups is 1. The van der Waals surface area contributed by atoms with E-state index in [1.54, 1.807) is 0 Å². The van der Waals surface area contributed by atoms with Crippen LogP contribution in [0.2, 0.25) is 0 Å². The molecule has 11 heavy (non-hydrogen) atoms.